The third-order valence-electron chi connectivity index (χ3n) is 4.84. The molecule has 2 atom stereocenters. The second kappa shape index (κ2) is 9.01. The molecule has 1 aromatic heterocycles. The molecule has 1 heterocycles. The summed E-state index contributed by atoms with van der Waals surface area (Å²) in [6.45, 7) is 3.98. The van der Waals surface area contributed by atoms with Crippen LogP contribution in [0.2, 0.25) is 0 Å². The number of pyridine rings is 1. The summed E-state index contributed by atoms with van der Waals surface area (Å²) in [6.07, 6.45) is 3.45. The van der Waals surface area contributed by atoms with E-state index >= 15 is 0 Å². The Bertz CT molecular complexity index is 889. The number of aromatic nitrogens is 1. The molecule has 0 spiro atoms. The minimum Gasteiger partial charge on any atom is -0.391 e. The average Bonchev–Trinajstić information content (AvgIpc) is 2.67. The number of hydrogen-bond donors (Lipinski definition) is 1. The van der Waals surface area contributed by atoms with E-state index in [9.17, 15) is 14.6 Å². The number of nitrogens with zero attached hydrogens (tertiary/aromatic N) is 2. The van der Waals surface area contributed by atoms with E-state index in [-0.39, 0.29) is 5.75 Å². The molecule has 1 N–H and O–H groups in total. The SMILES string of the molecule is Cc1ccc([S@@](=O)C[C@H](O)CSc2nc(C)c3c(c2C#N)CCCC3)cc1. The molecule has 2 aromatic rings. The van der Waals surface area contributed by atoms with Crippen LogP contribution >= 0.6 is 11.8 Å². The zero-order valence-corrected chi connectivity index (χ0v) is 17.3. The number of benzene rings is 1. The van der Waals surface area contributed by atoms with Gasteiger partial charge >= 0.3 is 0 Å². The van der Waals surface area contributed by atoms with E-state index in [2.05, 4.69) is 11.1 Å². The van der Waals surface area contributed by atoms with E-state index in [0.717, 1.165) is 47.4 Å². The molecular formula is C21H24N2O2S2. The molecule has 142 valence electrons. The standard InChI is InChI=1S/C21H24N2O2S2/c1-14-7-9-17(10-8-14)27(25)13-16(24)12-26-21-20(11-22)19-6-4-3-5-18(19)15(2)23-21/h7-10,16,24H,3-6,12-13H2,1-2H3/t16-,27+/m1/s1. The van der Waals surface area contributed by atoms with E-state index in [1.165, 1.54) is 17.3 Å². The predicted molar refractivity (Wildman–Crippen MR) is 110 cm³/mol. The maximum absolute atomic E-state index is 12.4. The third kappa shape index (κ3) is 4.78. The first-order valence-corrected chi connectivity index (χ1v) is 11.5. The Kier molecular flexibility index (Phi) is 6.69. The van der Waals surface area contributed by atoms with Crippen molar-refractivity contribution in [2.75, 3.05) is 11.5 Å². The summed E-state index contributed by atoms with van der Waals surface area (Å²) in [7, 11) is -1.24. The fourth-order valence-electron chi connectivity index (χ4n) is 3.39. The Labute approximate surface area is 167 Å². The molecular weight excluding hydrogens is 376 g/mol. The molecule has 0 saturated heterocycles. The summed E-state index contributed by atoms with van der Waals surface area (Å²) in [5.74, 6) is 0.555. The Morgan fingerprint density at radius 2 is 1.89 bits per heavy atom. The van der Waals surface area contributed by atoms with Gasteiger partial charge in [0.25, 0.3) is 0 Å². The number of nitriles is 1. The topological polar surface area (TPSA) is 74.0 Å². The lowest BCUT2D eigenvalue weighted by atomic mass is 9.88. The summed E-state index contributed by atoms with van der Waals surface area (Å²) in [6, 6.07) is 9.85. The molecule has 3 rings (SSSR count). The van der Waals surface area contributed by atoms with Crippen LogP contribution in [0.4, 0.5) is 0 Å². The van der Waals surface area contributed by atoms with Crippen LogP contribution in [-0.4, -0.2) is 31.9 Å². The van der Waals surface area contributed by atoms with Gasteiger partial charge in [-0.3, -0.25) is 4.21 Å². The van der Waals surface area contributed by atoms with Crippen LogP contribution in [0.25, 0.3) is 0 Å². The van der Waals surface area contributed by atoms with E-state index < -0.39 is 16.9 Å². The summed E-state index contributed by atoms with van der Waals surface area (Å²) < 4.78 is 12.4. The number of aliphatic hydroxyl groups is 1. The van der Waals surface area contributed by atoms with Gasteiger partial charge in [-0.15, -0.1) is 11.8 Å². The average molecular weight is 401 g/mol. The van der Waals surface area contributed by atoms with Gasteiger partial charge in [-0.1, -0.05) is 17.7 Å². The van der Waals surface area contributed by atoms with Gasteiger partial charge in [0.2, 0.25) is 0 Å². The summed E-state index contributed by atoms with van der Waals surface area (Å²) >= 11 is 1.39. The zero-order valence-electron chi connectivity index (χ0n) is 15.7. The smallest absolute Gasteiger partial charge is 0.114 e. The van der Waals surface area contributed by atoms with Crippen LogP contribution in [-0.2, 0) is 23.6 Å². The highest BCUT2D eigenvalue weighted by Gasteiger charge is 2.21. The minimum atomic E-state index is -1.24. The van der Waals surface area contributed by atoms with Crippen molar-refractivity contribution in [3.63, 3.8) is 0 Å². The van der Waals surface area contributed by atoms with Gasteiger partial charge in [-0.2, -0.15) is 5.26 Å². The van der Waals surface area contributed by atoms with Gasteiger partial charge in [0.05, 0.1) is 28.2 Å². The molecule has 0 bridgehead atoms. The van der Waals surface area contributed by atoms with Crippen LogP contribution < -0.4 is 0 Å². The monoisotopic (exact) mass is 400 g/mol. The molecule has 0 aliphatic heterocycles. The van der Waals surface area contributed by atoms with Crippen LogP contribution in [0.3, 0.4) is 0 Å². The van der Waals surface area contributed by atoms with Gasteiger partial charge in [0, 0.05) is 16.3 Å². The number of aliphatic hydroxyl groups excluding tert-OH is 1. The molecule has 1 aromatic carbocycles. The predicted octanol–water partition coefficient (Wildman–Crippen LogP) is 3.71. The number of rotatable bonds is 6. The van der Waals surface area contributed by atoms with Crippen molar-refractivity contribution >= 4 is 22.6 Å². The van der Waals surface area contributed by atoms with Crippen molar-refractivity contribution in [3.05, 3.63) is 52.2 Å². The fraction of sp³-hybridized carbons (Fsp3) is 0.429. The molecule has 1 aliphatic carbocycles. The second-order valence-electron chi connectivity index (χ2n) is 6.94. The lowest BCUT2D eigenvalue weighted by Crippen LogP contribution is -2.20. The molecule has 4 nitrogen and oxygen atoms in total. The Morgan fingerprint density at radius 1 is 1.22 bits per heavy atom. The van der Waals surface area contributed by atoms with Crippen LogP contribution in [0.15, 0.2) is 34.2 Å². The van der Waals surface area contributed by atoms with Gasteiger partial charge in [-0.25, -0.2) is 4.98 Å². The molecule has 0 amide bonds. The normalized spacial score (nSPS) is 15.6. The van der Waals surface area contributed by atoms with E-state index in [0.29, 0.717) is 16.3 Å². The maximum atomic E-state index is 12.4. The Balaban J connectivity index is 1.67. The lowest BCUT2D eigenvalue weighted by Gasteiger charge is -2.21. The lowest BCUT2D eigenvalue weighted by molar-refractivity contribution is 0.224. The number of hydrogen-bond acceptors (Lipinski definition) is 5. The quantitative estimate of drug-likeness (QED) is 0.748. The summed E-state index contributed by atoms with van der Waals surface area (Å²) in [4.78, 5) is 5.36. The van der Waals surface area contributed by atoms with Crippen molar-refractivity contribution in [1.29, 1.82) is 5.26 Å². The fourth-order valence-corrected chi connectivity index (χ4v) is 5.62. The highest BCUT2D eigenvalue weighted by atomic mass is 32.2. The minimum absolute atomic E-state index is 0.182. The van der Waals surface area contributed by atoms with Crippen LogP contribution in [0, 0.1) is 25.2 Å². The Morgan fingerprint density at radius 3 is 2.56 bits per heavy atom. The number of thioether (sulfide) groups is 1. The Hall–Kier alpha value is -1.68. The van der Waals surface area contributed by atoms with Crippen molar-refractivity contribution in [2.24, 2.45) is 0 Å². The number of aryl methyl sites for hydroxylation is 2. The van der Waals surface area contributed by atoms with Crippen LogP contribution in [0.5, 0.6) is 0 Å². The molecule has 6 heteroatoms. The molecule has 0 radical (unpaired) electrons. The van der Waals surface area contributed by atoms with Gasteiger partial charge in [0.1, 0.15) is 11.1 Å². The van der Waals surface area contributed by atoms with E-state index in [1.54, 1.807) is 0 Å². The van der Waals surface area contributed by atoms with Crippen molar-refractivity contribution in [1.82, 2.24) is 4.98 Å². The molecule has 1 aliphatic rings. The largest absolute Gasteiger partial charge is 0.391 e. The van der Waals surface area contributed by atoms with E-state index in [4.69, 9.17) is 0 Å². The van der Waals surface area contributed by atoms with Crippen molar-refractivity contribution < 1.29 is 9.32 Å². The maximum Gasteiger partial charge on any atom is 0.114 e. The molecule has 27 heavy (non-hydrogen) atoms. The highest BCUT2D eigenvalue weighted by molar-refractivity contribution is 7.99. The van der Waals surface area contributed by atoms with Gasteiger partial charge < -0.3 is 5.11 Å². The summed E-state index contributed by atoms with van der Waals surface area (Å²) in [5, 5.41) is 20.7. The first-order chi connectivity index (χ1) is 13.0. The molecule has 0 unspecified atom stereocenters. The highest BCUT2D eigenvalue weighted by Crippen LogP contribution is 2.32. The zero-order chi connectivity index (χ0) is 19.4. The van der Waals surface area contributed by atoms with Gasteiger partial charge in [-0.05, 0) is 62.8 Å². The third-order valence-corrected chi connectivity index (χ3v) is 7.45. The van der Waals surface area contributed by atoms with Crippen LogP contribution in [0.1, 0.15) is 40.8 Å². The number of fused-ring (bicyclic) bond motifs is 1. The molecule has 0 saturated carbocycles. The van der Waals surface area contributed by atoms with Crippen molar-refractivity contribution in [2.45, 2.75) is 55.6 Å². The van der Waals surface area contributed by atoms with Crippen molar-refractivity contribution in [3.8, 4) is 6.07 Å². The van der Waals surface area contributed by atoms with Gasteiger partial charge in [0.15, 0.2) is 0 Å². The first-order valence-electron chi connectivity index (χ1n) is 9.18. The summed E-state index contributed by atoms with van der Waals surface area (Å²) in [5.41, 5.74) is 5.13. The molecule has 0 fully saturated rings. The second-order valence-corrected chi connectivity index (χ2v) is 9.45. The van der Waals surface area contributed by atoms with E-state index in [1.807, 2.05) is 38.1 Å². The first kappa shape index (κ1) is 20.1.